The van der Waals surface area contributed by atoms with Crippen molar-refractivity contribution in [3.63, 3.8) is 0 Å². The second-order valence-corrected chi connectivity index (χ2v) is 5.15. The maximum absolute atomic E-state index is 11.9. The van der Waals surface area contributed by atoms with Crippen LogP contribution in [0.25, 0.3) is 0 Å². The molecule has 0 fully saturated rings. The number of rotatable bonds is 5. The Kier molecular flexibility index (Phi) is 4.82. The summed E-state index contributed by atoms with van der Waals surface area (Å²) in [5.74, 6) is 0.727. The number of carbonyl (C=O) groups excluding carboxylic acids is 1. The lowest BCUT2D eigenvalue weighted by Gasteiger charge is -2.11. The van der Waals surface area contributed by atoms with Gasteiger partial charge in [0.15, 0.2) is 6.61 Å². The highest BCUT2D eigenvalue weighted by molar-refractivity contribution is 5.92. The van der Waals surface area contributed by atoms with E-state index in [0.717, 1.165) is 5.69 Å². The minimum atomic E-state index is -0.209. The minimum absolute atomic E-state index is 0.0693. The number of carbonyl (C=O) groups is 1. The zero-order chi connectivity index (χ0) is 15.2. The van der Waals surface area contributed by atoms with Crippen molar-refractivity contribution in [2.75, 3.05) is 17.7 Å². The highest BCUT2D eigenvalue weighted by Crippen LogP contribution is 2.20. The van der Waals surface area contributed by atoms with Gasteiger partial charge in [-0.15, -0.1) is 0 Å². The highest BCUT2D eigenvalue weighted by atomic mass is 16.5. The molecule has 0 heterocycles. The number of anilines is 2. The predicted molar refractivity (Wildman–Crippen MR) is 85.5 cm³/mol. The Labute approximate surface area is 124 Å². The molecule has 0 spiro atoms. The molecular weight excluding hydrogens is 264 g/mol. The normalized spacial score (nSPS) is 10.4. The van der Waals surface area contributed by atoms with Crippen LogP contribution in [0.4, 0.5) is 11.4 Å². The van der Waals surface area contributed by atoms with Gasteiger partial charge < -0.3 is 15.8 Å². The van der Waals surface area contributed by atoms with Crippen LogP contribution in [0, 0.1) is 0 Å². The van der Waals surface area contributed by atoms with Gasteiger partial charge in [-0.25, -0.2) is 0 Å². The van der Waals surface area contributed by atoms with Crippen LogP contribution in [-0.2, 0) is 4.79 Å². The quantitative estimate of drug-likeness (QED) is 0.827. The molecule has 2 aromatic carbocycles. The van der Waals surface area contributed by atoms with E-state index in [1.165, 1.54) is 5.56 Å². The molecule has 0 bridgehead atoms. The number of amides is 1. The average molecular weight is 284 g/mol. The van der Waals surface area contributed by atoms with Gasteiger partial charge in [0, 0.05) is 5.69 Å². The summed E-state index contributed by atoms with van der Waals surface area (Å²) in [7, 11) is 0. The van der Waals surface area contributed by atoms with Gasteiger partial charge in [0.05, 0.1) is 5.69 Å². The van der Waals surface area contributed by atoms with Crippen molar-refractivity contribution in [1.29, 1.82) is 0 Å². The van der Waals surface area contributed by atoms with Crippen LogP contribution < -0.4 is 15.8 Å². The Morgan fingerprint density at radius 1 is 1.19 bits per heavy atom. The van der Waals surface area contributed by atoms with Gasteiger partial charge in [0.25, 0.3) is 5.91 Å². The molecule has 4 nitrogen and oxygen atoms in total. The van der Waals surface area contributed by atoms with E-state index in [1.54, 1.807) is 12.1 Å². The lowest BCUT2D eigenvalue weighted by molar-refractivity contribution is -0.118. The Bertz CT molecular complexity index is 624. The molecule has 0 radical (unpaired) electrons. The van der Waals surface area contributed by atoms with Gasteiger partial charge in [-0.1, -0.05) is 38.1 Å². The molecule has 21 heavy (non-hydrogen) atoms. The molecule has 0 saturated carbocycles. The van der Waals surface area contributed by atoms with Gasteiger partial charge in [-0.2, -0.15) is 0 Å². The van der Waals surface area contributed by atoms with Crippen molar-refractivity contribution in [2.45, 2.75) is 19.8 Å². The maximum atomic E-state index is 11.9. The number of para-hydroxylation sites is 2. The average Bonchev–Trinajstić information content (AvgIpc) is 2.46. The molecule has 0 atom stereocenters. The first-order chi connectivity index (χ1) is 10.1. The first kappa shape index (κ1) is 14.9. The summed E-state index contributed by atoms with van der Waals surface area (Å²) in [6.45, 7) is 4.16. The van der Waals surface area contributed by atoms with E-state index in [2.05, 4.69) is 19.2 Å². The largest absolute Gasteiger partial charge is 0.482 e. The monoisotopic (exact) mass is 284 g/mol. The fourth-order valence-electron chi connectivity index (χ4n) is 1.93. The smallest absolute Gasteiger partial charge is 0.262 e. The van der Waals surface area contributed by atoms with Gasteiger partial charge in [0.1, 0.15) is 5.75 Å². The summed E-state index contributed by atoms with van der Waals surface area (Å²) in [5, 5.41) is 2.82. The van der Waals surface area contributed by atoms with Gasteiger partial charge in [-0.05, 0) is 35.7 Å². The van der Waals surface area contributed by atoms with Crippen molar-refractivity contribution in [3.8, 4) is 5.75 Å². The fraction of sp³-hybridized carbons (Fsp3) is 0.235. The molecule has 2 rings (SSSR count). The van der Waals surface area contributed by atoms with Crippen molar-refractivity contribution in [3.05, 3.63) is 54.1 Å². The fourth-order valence-corrected chi connectivity index (χ4v) is 1.93. The first-order valence-electron chi connectivity index (χ1n) is 6.93. The topological polar surface area (TPSA) is 64.3 Å². The van der Waals surface area contributed by atoms with Crippen LogP contribution in [0.5, 0.6) is 5.75 Å². The van der Waals surface area contributed by atoms with Crippen LogP contribution in [0.2, 0.25) is 0 Å². The second-order valence-electron chi connectivity index (χ2n) is 5.15. The van der Waals surface area contributed by atoms with Gasteiger partial charge in [-0.3, -0.25) is 4.79 Å². The number of hydrogen-bond donors (Lipinski definition) is 2. The summed E-state index contributed by atoms with van der Waals surface area (Å²) >= 11 is 0. The Balaban J connectivity index is 1.93. The molecule has 0 aliphatic heterocycles. The summed E-state index contributed by atoms with van der Waals surface area (Å²) in [4.78, 5) is 11.9. The Morgan fingerprint density at radius 2 is 1.95 bits per heavy atom. The van der Waals surface area contributed by atoms with E-state index < -0.39 is 0 Å². The molecular formula is C17H20N2O2. The van der Waals surface area contributed by atoms with Crippen molar-refractivity contribution < 1.29 is 9.53 Å². The zero-order valence-corrected chi connectivity index (χ0v) is 12.3. The van der Waals surface area contributed by atoms with Crippen LogP contribution in [-0.4, -0.2) is 12.5 Å². The molecule has 2 aromatic rings. The molecule has 0 saturated heterocycles. The van der Waals surface area contributed by atoms with Crippen molar-refractivity contribution >= 4 is 17.3 Å². The summed E-state index contributed by atoms with van der Waals surface area (Å²) < 4.78 is 5.41. The molecule has 110 valence electrons. The number of nitrogens with two attached hydrogens (primary N) is 1. The zero-order valence-electron chi connectivity index (χ0n) is 12.3. The van der Waals surface area contributed by atoms with Crippen LogP contribution >= 0.6 is 0 Å². The lowest BCUT2D eigenvalue weighted by atomic mass is 10.0. The number of ether oxygens (including phenoxy) is 1. The number of nitrogens with one attached hydrogen (secondary N) is 1. The molecule has 0 aromatic heterocycles. The summed E-state index contributed by atoms with van der Waals surface area (Å²) in [5.41, 5.74) is 8.23. The number of nitrogen functional groups attached to an aromatic ring is 1. The third-order valence-electron chi connectivity index (χ3n) is 3.11. The third kappa shape index (κ3) is 4.24. The highest BCUT2D eigenvalue weighted by Gasteiger charge is 2.06. The standard InChI is InChI=1S/C17H20N2O2/c1-12(2)13-6-5-7-14(10-13)19-17(20)11-21-16-9-4-3-8-15(16)18/h3-10,12H,11,18H2,1-2H3,(H,19,20). The van der Waals surface area contributed by atoms with Crippen LogP contribution in [0.3, 0.4) is 0 Å². The van der Waals surface area contributed by atoms with Crippen molar-refractivity contribution in [1.82, 2.24) is 0 Å². The Hall–Kier alpha value is -2.49. The summed E-state index contributed by atoms with van der Waals surface area (Å²) in [6.07, 6.45) is 0. The second kappa shape index (κ2) is 6.79. The van der Waals surface area contributed by atoms with E-state index in [9.17, 15) is 4.79 Å². The molecule has 0 aliphatic rings. The van der Waals surface area contributed by atoms with Gasteiger partial charge in [0.2, 0.25) is 0 Å². The SMILES string of the molecule is CC(C)c1cccc(NC(=O)COc2ccccc2N)c1. The molecule has 1 amide bonds. The number of benzene rings is 2. The van der Waals surface area contributed by atoms with E-state index in [0.29, 0.717) is 17.4 Å². The molecule has 3 N–H and O–H groups in total. The molecule has 4 heteroatoms. The maximum Gasteiger partial charge on any atom is 0.262 e. The lowest BCUT2D eigenvalue weighted by Crippen LogP contribution is -2.20. The van der Waals surface area contributed by atoms with Crippen LogP contribution in [0.1, 0.15) is 25.3 Å². The van der Waals surface area contributed by atoms with E-state index >= 15 is 0 Å². The van der Waals surface area contributed by atoms with Crippen LogP contribution in [0.15, 0.2) is 48.5 Å². The predicted octanol–water partition coefficient (Wildman–Crippen LogP) is 3.41. The molecule has 0 unspecified atom stereocenters. The summed E-state index contributed by atoms with van der Waals surface area (Å²) in [6, 6.07) is 14.9. The number of hydrogen-bond acceptors (Lipinski definition) is 3. The minimum Gasteiger partial charge on any atom is -0.482 e. The van der Waals surface area contributed by atoms with E-state index in [-0.39, 0.29) is 12.5 Å². The Morgan fingerprint density at radius 3 is 2.67 bits per heavy atom. The third-order valence-corrected chi connectivity index (χ3v) is 3.11. The van der Waals surface area contributed by atoms with Crippen molar-refractivity contribution in [2.24, 2.45) is 0 Å². The van der Waals surface area contributed by atoms with E-state index in [1.807, 2.05) is 36.4 Å². The molecule has 0 aliphatic carbocycles. The van der Waals surface area contributed by atoms with E-state index in [4.69, 9.17) is 10.5 Å². The first-order valence-corrected chi connectivity index (χ1v) is 6.93. The van der Waals surface area contributed by atoms with Gasteiger partial charge >= 0.3 is 0 Å².